The summed E-state index contributed by atoms with van der Waals surface area (Å²) in [5.74, 6) is 2.12. The average molecular weight is 319 g/mol. The SMILES string of the molecule is COc1ccnc(N2CCN(CC(=O)NCC3CCC3)CC2)n1. The Balaban J connectivity index is 1.41. The highest BCUT2D eigenvalue weighted by Gasteiger charge is 2.22. The maximum atomic E-state index is 12.0. The highest BCUT2D eigenvalue weighted by Crippen LogP contribution is 2.25. The maximum Gasteiger partial charge on any atom is 0.234 e. The van der Waals surface area contributed by atoms with Crippen molar-refractivity contribution in [1.29, 1.82) is 0 Å². The molecule has 7 nitrogen and oxygen atoms in total. The van der Waals surface area contributed by atoms with Gasteiger partial charge in [0.15, 0.2) is 0 Å². The number of hydrogen-bond donors (Lipinski definition) is 1. The minimum Gasteiger partial charge on any atom is -0.481 e. The van der Waals surface area contributed by atoms with Gasteiger partial charge in [-0.15, -0.1) is 0 Å². The van der Waals surface area contributed by atoms with Crippen molar-refractivity contribution in [2.75, 3.05) is 51.3 Å². The zero-order valence-corrected chi connectivity index (χ0v) is 13.7. The topological polar surface area (TPSA) is 70.6 Å². The summed E-state index contributed by atoms with van der Waals surface area (Å²) in [5, 5.41) is 3.05. The van der Waals surface area contributed by atoms with Crippen molar-refractivity contribution in [2.24, 2.45) is 5.92 Å². The van der Waals surface area contributed by atoms with Gasteiger partial charge in [0, 0.05) is 45.0 Å². The largest absolute Gasteiger partial charge is 0.481 e. The van der Waals surface area contributed by atoms with Crippen LogP contribution in [0.2, 0.25) is 0 Å². The van der Waals surface area contributed by atoms with Crippen molar-refractivity contribution in [1.82, 2.24) is 20.2 Å². The molecule has 0 radical (unpaired) electrons. The summed E-state index contributed by atoms with van der Waals surface area (Å²) in [6.45, 7) is 4.66. The molecule has 1 amide bonds. The summed E-state index contributed by atoms with van der Waals surface area (Å²) in [4.78, 5) is 25.0. The number of nitrogens with zero attached hydrogens (tertiary/aromatic N) is 4. The van der Waals surface area contributed by atoms with Crippen LogP contribution >= 0.6 is 0 Å². The predicted molar refractivity (Wildman–Crippen MR) is 87.6 cm³/mol. The normalized spacial score (nSPS) is 19.3. The van der Waals surface area contributed by atoms with E-state index < -0.39 is 0 Å². The van der Waals surface area contributed by atoms with Gasteiger partial charge in [-0.05, 0) is 18.8 Å². The molecule has 1 aliphatic heterocycles. The number of anilines is 1. The molecule has 0 unspecified atom stereocenters. The quantitative estimate of drug-likeness (QED) is 0.824. The van der Waals surface area contributed by atoms with Crippen molar-refractivity contribution < 1.29 is 9.53 Å². The number of aromatic nitrogens is 2. The third-order valence-electron chi connectivity index (χ3n) is 4.66. The van der Waals surface area contributed by atoms with Gasteiger partial charge in [-0.2, -0.15) is 4.98 Å². The number of piperazine rings is 1. The lowest BCUT2D eigenvalue weighted by Gasteiger charge is -2.34. The molecule has 23 heavy (non-hydrogen) atoms. The van der Waals surface area contributed by atoms with Gasteiger partial charge in [-0.1, -0.05) is 6.42 Å². The van der Waals surface area contributed by atoms with E-state index in [4.69, 9.17) is 4.74 Å². The van der Waals surface area contributed by atoms with Gasteiger partial charge >= 0.3 is 0 Å². The second-order valence-electron chi connectivity index (χ2n) is 6.26. The molecule has 2 aliphatic rings. The van der Waals surface area contributed by atoms with E-state index in [2.05, 4.69) is 25.1 Å². The molecule has 1 saturated heterocycles. The first-order valence-electron chi connectivity index (χ1n) is 8.35. The molecule has 1 N–H and O–H groups in total. The summed E-state index contributed by atoms with van der Waals surface area (Å²) < 4.78 is 5.14. The standard InChI is InChI=1S/C16H25N5O2/c1-23-15-5-6-17-16(19-15)21-9-7-20(8-10-21)12-14(22)18-11-13-3-2-4-13/h5-6,13H,2-4,7-12H2,1H3,(H,18,22). The Morgan fingerprint density at radius 1 is 1.35 bits per heavy atom. The van der Waals surface area contributed by atoms with E-state index in [0.717, 1.165) is 32.7 Å². The van der Waals surface area contributed by atoms with Crippen molar-refractivity contribution in [3.63, 3.8) is 0 Å². The fourth-order valence-electron chi connectivity index (χ4n) is 2.92. The molecular formula is C16H25N5O2. The molecule has 1 aromatic rings. The summed E-state index contributed by atoms with van der Waals surface area (Å²) in [7, 11) is 1.60. The van der Waals surface area contributed by atoms with Crippen molar-refractivity contribution in [2.45, 2.75) is 19.3 Å². The molecule has 0 atom stereocenters. The lowest BCUT2D eigenvalue weighted by Crippen LogP contribution is -2.50. The lowest BCUT2D eigenvalue weighted by molar-refractivity contribution is -0.122. The van der Waals surface area contributed by atoms with Gasteiger partial charge in [0.05, 0.1) is 13.7 Å². The van der Waals surface area contributed by atoms with E-state index in [-0.39, 0.29) is 5.91 Å². The third-order valence-corrected chi connectivity index (χ3v) is 4.66. The summed E-state index contributed by atoms with van der Waals surface area (Å²) in [5.41, 5.74) is 0. The van der Waals surface area contributed by atoms with Crippen LogP contribution in [0.3, 0.4) is 0 Å². The zero-order chi connectivity index (χ0) is 16.1. The maximum absolute atomic E-state index is 12.0. The first kappa shape index (κ1) is 16.0. The smallest absolute Gasteiger partial charge is 0.234 e. The molecular weight excluding hydrogens is 294 g/mol. The third kappa shape index (κ3) is 4.31. The number of methoxy groups -OCH3 is 1. The summed E-state index contributed by atoms with van der Waals surface area (Å²) in [6.07, 6.45) is 5.55. The van der Waals surface area contributed by atoms with Gasteiger partial charge in [0.25, 0.3) is 0 Å². The van der Waals surface area contributed by atoms with E-state index in [9.17, 15) is 4.79 Å². The van der Waals surface area contributed by atoms with Crippen LogP contribution in [0.1, 0.15) is 19.3 Å². The molecule has 126 valence electrons. The summed E-state index contributed by atoms with van der Waals surface area (Å²) in [6, 6.07) is 1.74. The Hall–Kier alpha value is -1.89. The van der Waals surface area contributed by atoms with Gasteiger partial charge in [0.1, 0.15) is 0 Å². The monoisotopic (exact) mass is 319 g/mol. The van der Waals surface area contributed by atoms with Gasteiger partial charge < -0.3 is 15.0 Å². The van der Waals surface area contributed by atoms with E-state index in [0.29, 0.717) is 24.3 Å². The summed E-state index contributed by atoms with van der Waals surface area (Å²) >= 11 is 0. The Kier molecular flexibility index (Phi) is 5.27. The molecule has 0 spiro atoms. The molecule has 3 rings (SSSR count). The molecule has 0 aromatic carbocycles. The van der Waals surface area contributed by atoms with Crippen molar-refractivity contribution in [3.8, 4) is 5.88 Å². The lowest BCUT2D eigenvalue weighted by atomic mass is 9.85. The Bertz CT molecular complexity index is 527. The number of nitrogens with one attached hydrogen (secondary N) is 1. The van der Waals surface area contributed by atoms with Crippen molar-refractivity contribution >= 4 is 11.9 Å². The first-order chi connectivity index (χ1) is 11.2. The Morgan fingerprint density at radius 3 is 2.78 bits per heavy atom. The molecule has 0 bridgehead atoms. The molecule has 1 aromatic heterocycles. The van der Waals surface area contributed by atoms with Crippen molar-refractivity contribution in [3.05, 3.63) is 12.3 Å². The predicted octanol–water partition coefficient (Wildman–Crippen LogP) is 0.524. The number of carbonyl (C=O) groups is 1. The van der Waals surface area contributed by atoms with Crippen LogP contribution in [0.25, 0.3) is 0 Å². The van der Waals surface area contributed by atoms with E-state index in [1.807, 2.05) is 0 Å². The molecule has 1 saturated carbocycles. The first-order valence-corrected chi connectivity index (χ1v) is 8.35. The minimum atomic E-state index is 0.142. The number of amides is 1. The van der Waals surface area contributed by atoms with Gasteiger partial charge in [0.2, 0.25) is 17.7 Å². The fourth-order valence-corrected chi connectivity index (χ4v) is 2.92. The second-order valence-corrected chi connectivity index (χ2v) is 6.26. The second kappa shape index (κ2) is 7.59. The number of hydrogen-bond acceptors (Lipinski definition) is 6. The van der Waals surface area contributed by atoms with Gasteiger partial charge in [-0.3, -0.25) is 9.69 Å². The number of rotatable bonds is 6. The fraction of sp³-hybridized carbons (Fsp3) is 0.688. The van der Waals surface area contributed by atoms with E-state index in [1.54, 1.807) is 19.4 Å². The van der Waals surface area contributed by atoms with E-state index >= 15 is 0 Å². The van der Waals surface area contributed by atoms with Crippen LogP contribution in [0.5, 0.6) is 5.88 Å². The zero-order valence-electron chi connectivity index (χ0n) is 13.7. The van der Waals surface area contributed by atoms with Crippen LogP contribution in [-0.4, -0.2) is 67.2 Å². The minimum absolute atomic E-state index is 0.142. The van der Waals surface area contributed by atoms with E-state index in [1.165, 1.54) is 19.3 Å². The molecule has 1 aliphatic carbocycles. The molecule has 2 fully saturated rings. The molecule has 7 heteroatoms. The van der Waals surface area contributed by atoms with Crippen LogP contribution in [0.4, 0.5) is 5.95 Å². The van der Waals surface area contributed by atoms with Gasteiger partial charge in [-0.25, -0.2) is 4.98 Å². The van der Waals surface area contributed by atoms with Crippen LogP contribution in [-0.2, 0) is 4.79 Å². The van der Waals surface area contributed by atoms with Crippen LogP contribution < -0.4 is 15.0 Å². The molecule has 2 heterocycles. The highest BCUT2D eigenvalue weighted by atomic mass is 16.5. The van der Waals surface area contributed by atoms with Crippen LogP contribution in [0.15, 0.2) is 12.3 Å². The average Bonchev–Trinajstić information content (AvgIpc) is 2.54. The van der Waals surface area contributed by atoms with Crippen LogP contribution in [0, 0.1) is 5.92 Å². The Morgan fingerprint density at radius 2 is 2.13 bits per heavy atom. The number of carbonyl (C=O) groups excluding carboxylic acids is 1. The Labute approximate surface area is 137 Å². The highest BCUT2D eigenvalue weighted by molar-refractivity contribution is 5.78. The number of ether oxygens (including phenoxy) is 1.